The van der Waals surface area contributed by atoms with Crippen LogP contribution in [-0.2, 0) is 10.0 Å². The predicted molar refractivity (Wildman–Crippen MR) is 114 cm³/mol. The fourth-order valence-electron chi connectivity index (χ4n) is 2.48. The Bertz CT molecular complexity index is 1070. The van der Waals surface area contributed by atoms with Crippen molar-refractivity contribution in [3.05, 3.63) is 64.8 Å². The van der Waals surface area contributed by atoms with Gasteiger partial charge >= 0.3 is 0 Å². The van der Waals surface area contributed by atoms with E-state index < -0.39 is 10.0 Å². The van der Waals surface area contributed by atoms with Crippen molar-refractivity contribution in [3.63, 3.8) is 0 Å². The number of aryl methyl sites for hydroxylation is 2. The van der Waals surface area contributed by atoms with Gasteiger partial charge in [-0.25, -0.2) is 18.1 Å². The molecule has 8 nitrogen and oxygen atoms in total. The SMILES string of the molecule is Cc1ccc(Nc2ccc(NCCNS(=O)(=O)c3cc(Cl)ccc3C)nn2)nc1. The zero-order valence-electron chi connectivity index (χ0n) is 16.0. The summed E-state index contributed by atoms with van der Waals surface area (Å²) >= 11 is 5.91. The van der Waals surface area contributed by atoms with Crippen LogP contribution in [0.1, 0.15) is 11.1 Å². The molecule has 0 unspecified atom stereocenters. The fraction of sp³-hybridized carbons (Fsp3) is 0.211. The van der Waals surface area contributed by atoms with Crippen LogP contribution >= 0.6 is 11.6 Å². The summed E-state index contributed by atoms with van der Waals surface area (Å²) in [5, 5.41) is 14.6. The van der Waals surface area contributed by atoms with E-state index in [1.807, 2.05) is 19.1 Å². The minimum Gasteiger partial charge on any atom is -0.367 e. The zero-order valence-corrected chi connectivity index (χ0v) is 17.5. The Labute approximate surface area is 174 Å². The summed E-state index contributed by atoms with van der Waals surface area (Å²) in [5.74, 6) is 1.77. The normalized spacial score (nSPS) is 11.3. The van der Waals surface area contributed by atoms with Crippen LogP contribution in [0.15, 0.2) is 53.6 Å². The lowest BCUT2D eigenvalue weighted by Gasteiger charge is -2.10. The second-order valence-corrected chi connectivity index (χ2v) is 8.56. The van der Waals surface area contributed by atoms with Crippen LogP contribution in [0.2, 0.25) is 5.02 Å². The largest absolute Gasteiger partial charge is 0.367 e. The Balaban J connectivity index is 1.50. The van der Waals surface area contributed by atoms with Crippen LogP contribution < -0.4 is 15.4 Å². The molecule has 0 saturated heterocycles. The predicted octanol–water partition coefficient (Wildman–Crippen LogP) is 3.28. The molecule has 3 N–H and O–H groups in total. The third-order valence-electron chi connectivity index (χ3n) is 3.99. The van der Waals surface area contributed by atoms with Crippen LogP contribution in [0.4, 0.5) is 17.5 Å². The van der Waals surface area contributed by atoms with Gasteiger partial charge in [-0.15, -0.1) is 10.2 Å². The first-order chi connectivity index (χ1) is 13.8. The van der Waals surface area contributed by atoms with Gasteiger partial charge in [-0.05, 0) is 55.3 Å². The van der Waals surface area contributed by atoms with Crippen LogP contribution in [0.3, 0.4) is 0 Å². The lowest BCUT2D eigenvalue weighted by Crippen LogP contribution is -2.29. The van der Waals surface area contributed by atoms with Gasteiger partial charge in [0.2, 0.25) is 10.0 Å². The first-order valence-electron chi connectivity index (χ1n) is 8.86. The molecule has 3 rings (SSSR count). The molecule has 0 amide bonds. The zero-order chi connectivity index (χ0) is 20.9. The minimum atomic E-state index is -3.64. The molecule has 2 heterocycles. The summed E-state index contributed by atoms with van der Waals surface area (Å²) in [6, 6.07) is 12.1. The molecule has 1 aromatic carbocycles. The standard InChI is InChI=1S/C19H21ClN6O2S/c1-13-3-6-17(22-12-13)24-19-8-7-18(25-26-19)21-9-10-23-29(27,28)16-11-15(20)5-4-14(16)2/h3-8,11-12,23H,9-10H2,1-2H3,(H,21,25)(H,22,24,26). The maximum atomic E-state index is 12.4. The number of nitrogens with one attached hydrogen (secondary N) is 3. The molecule has 0 aliphatic carbocycles. The van der Waals surface area contributed by atoms with Gasteiger partial charge in [0, 0.05) is 24.3 Å². The van der Waals surface area contributed by atoms with Crippen molar-refractivity contribution in [3.8, 4) is 0 Å². The third-order valence-corrected chi connectivity index (χ3v) is 5.83. The molecule has 0 bridgehead atoms. The molecule has 0 fully saturated rings. The summed E-state index contributed by atoms with van der Waals surface area (Å²) in [7, 11) is -3.64. The number of sulfonamides is 1. The number of anilines is 3. The van der Waals surface area contributed by atoms with Crippen LogP contribution in [0.25, 0.3) is 0 Å². The van der Waals surface area contributed by atoms with Gasteiger partial charge in [-0.3, -0.25) is 0 Å². The van der Waals surface area contributed by atoms with E-state index in [0.29, 0.717) is 34.6 Å². The lowest BCUT2D eigenvalue weighted by molar-refractivity contribution is 0.582. The third kappa shape index (κ3) is 5.86. The highest BCUT2D eigenvalue weighted by molar-refractivity contribution is 7.89. The molecule has 152 valence electrons. The fourth-order valence-corrected chi connectivity index (χ4v) is 4.02. The highest BCUT2D eigenvalue weighted by Gasteiger charge is 2.16. The molecular weight excluding hydrogens is 412 g/mol. The summed E-state index contributed by atoms with van der Waals surface area (Å²) in [4.78, 5) is 4.42. The van der Waals surface area contributed by atoms with Crippen LogP contribution in [-0.4, -0.2) is 36.7 Å². The summed E-state index contributed by atoms with van der Waals surface area (Å²) < 4.78 is 27.4. The van der Waals surface area contributed by atoms with Gasteiger partial charge in [0.15, 0.2) is 5.82 Å². The summed E-state index contributed by atoms with van der Waals surface area (Å²) in [5.41, 5.74) is 1.70. The van der Waals surface area contributed by atoms with Gasteiger partial charge < -0.3 is 10.6 Å². The quantitative estimate of drug-likeness (QED) is 0.468. The number of halogens is 1. The number of hydrogen-bond acceptors (Lipinski definition) is 7. The first-order valence-corrected chi connectivity index (χ1v) is 10.7. The van der Waals surface area contributed by atoms with Gasteiger partial charge in [-0.1, -0.05) is 23.7 Å². The Morgan fingerprint density at radius 3 is 2.34 bits per heavy atom. The number of hydrogen-bond donors (Lipinski definition) is 3. The second kappa shape index (κ2) is 9.17. The topological polar surface area (TPSA) is 109 Å². The van der Waals surface area contributed by atoms with Gasteiger partial charge in [0.05, 0.1) is 4.90 Å². The van der Waals surface area contributed by atoms with Crippen molar-refractivity contribution in [1.82, 2.24) is 19.9 Å². The molecule has 0 radical (unpaired) electrons. The number of nitrogens with zero attached hydrogens (tertiary/aromatic N) is 3. The van der Waals surface area contributed by atoms with Gasteiger partial charge in [-0.2, -0.15) is 0 Å². The Hall–Kier alpha value is -2.75. The molecule has 0 spiro atoms. The van der Waals surface area contributed by atoms with E-state index in [1.54, 1.807) is 37.4 Å². The van der Waals surface area contributed by atoms with Gasteiger partial charge in [0.25, 0.3) is 0 Å². The Morgan fingerprint density at radius 2 is 1.66 bits per heavy atom. The number of pyridine rings is 1. The van der Waals surface area contributed by atoms with Crippen molar-refractivity contribution in [2.75, 3.05) is 23.7 Å². The molecule has 0 atom stereocenters. The number of rotatable bonds is 8. The van der Waals surface area contributed by atoms with E-state index in [9.17, 15) is 8.42 Å². The second-order valence-electron chi connectivity index (χ2n) is 6.38. The first kappa shape index (κ1) is 21.0. The highest BCUT2D eigenvalue weighted by atomic mass is 35.5. The lowest BCUT2D eigenvalue weighted by atomic mass is 10.2. The van der Waals surface area contributed by atoms with Crippen molar-refractivity contribution in [1.29, 1.82) is 0 Å². The van der Waals surface area contributed by atoms with Crippen molar-refractivity contribution in [2.24, 2.45) is 0 Å². The monoisotopic (exact) mass is 432 g/mol. The van der Waals surface area contributed by atoms with Gasteiger partial charge in [0.1, 0.15) is 11.6 Å². The average Bonchev–Trinajstić information content (AvgIpc) is 2.70. The summed E-state index contributed by atoms with van der Waals surface area (Å²) in [6.45, 7) is 4.22. The van der Waals surface area contributed by atoms with E-state index in [2.05, 4.69) is 30.5 Å². The molecular formula is C19H21ClN6O2S. The van der Waals surface area contributed by atoms with Crippen molar-refractivity contribution in [2.45, 2.75) is 18.7 Å². The molecule has 0 aliphatic rings. The van der Waals surface area contributed by atoms with E-state index in [4.69, 9.17) is 11.6 Å². The Kier molecular flexibility index (Phi) is 6.63. The van der Waals surface area contributed by atoms with E-state index in [-0.39, 0.29) is 11.4 Å². The Morgan fingerprint density at radius 1 is 0.931 bits per heavy atom. The molecule has 2 aromatic heterocycles. The summed E-state index contributed by atoms with van der Waals surface area (Å²) in [6.07, 6.45) is 1.76. The molecule has 0 saturated carbocycles. The van der Waals surface area contributed by atoms with Crippen LogP contribution in [0, 0.1) is 13.8 Å². The van der Waals surface area contributed by atoms with Crippen LogP contribution in [0.5, 0.6) is 0 Å². The van der Waals surface area contributed by atoms with Crippen molar-refractivity contribution >= 4 is 39.1 Å². The van der Waals surface area contributed by atoms with E-state index >= 15 is 0 Å². The minimum absolute atomic E-state index is 0.171. The maximum absolute atomic E-state index is 12.4. The van der Waals surface area contributed by atoms with E-state index in [1.165, 1.54) is 6.07 Å². The molecule has 10 heteroatoms. The molecule has 0 aliphatic heterocycles. The van der Waals surface area contributed by atoms with Crippen molar-refractivity contribution < 1.29 is 8.42 Å². The highest BCUT2D eigenvalue weighted by Crippen LogP contribution is 2.19. The maximum Gasteiger partial charge on any atom is 0.240 e. The number of aromatic nitrogens is 3. The average molecular weight is 433 g/mol. The smallest absolute Gasteiger partial charge is 0.240 e. The number of benzene rings is 1. The van der Waals surface area contributed by atoms with E-state index in [0.717, 1.165) is 5.56 Å². The molecule has 29 heavy (non-hydrogen) atoms. The molecule has 3 aromatic rings.